The molecule has 0 bridgehead atoms. The van der Waals surface area contributed by atoms with Crippen molar-refractivity contribution in [3.05, 3.63) is 51.5 Å². The van der Waals surface area contributed by atoms with Gasteiger partial charge in [-0.3, -0.25) is 0 Å². The van der Waals surface area contributed by atoms with E-state index in [1.807, 2.05) is 19.2 Å². The fraction of sp³-hybridized carbons (Fsp3) is 0.400. The van der Waals surface area contributed by atoms with Crippen molar-refractivity contribution in [2.45, 2.75) is 32.7 Å². The average Bonchev–Trinajstić information content (AvgIpc) is 2.81. The Morgan fingerprint density at radius 1 is 1.30 bits per heavy atom. The van der Waals surface area contributed by atoms with Crippen LogP contribution < -0.4 is 5.32 Å². The lowest BCUT2D eigenvalue weighted by atomic mass is 10.0. The highest BCUT2D eigenvalue weighted by Gasteiger charge is 2.15. The summed E-state index contributed by atoms with van der Waals surface area (Å²) in [4.78, 5) is 4.43. The van der Waals surface area contributed by atoms with Crippen molar-refractivity contribution in [3.63, 3.8) is 0 Å². The van der Waals surface area contributed by atoms with Crippen molar-refractivity contribution in [1.82, 2.24) is 10.3 Å². The fourth-order valence-electron chi connectivity index (χ4n) is 2.23. The van der Waals surface area contributed by atoms with Crippen LogP contribution in [0.15, 0.2) is 23.6 Å². The number of aromatic nitrogens is 1. The first kappa shape index (κ1) is 15.1. The zero-order valence-corrected chi connectivity index (χ0v) is 12.4. The predicted octanol–water partition coefficient (Wildman–Crippen LogP) is 3.49. The number of rotatable bonds is 6. The van der Waals surface area contributed by atoms with Gasteiger partial charge in [-0.15, -0.1) is 11.3 Å². The number of nitrogens with zero attached hydrogens (tertiary/aromatic N) is 1. The minimum absolute atomic E-state index is 0.0535. The van der Waals surface area contributed by atoms with E-state index in [1.165, 1.54) is 0 Å². The smallest absolute Gasteiger partial charge is 0.162 e. The normalized spacial score (nSPS) is 12.6. The predicted molar refractivity (Wildman–Crippen MR) is 78.1 cm³/mol. The summed E-state index contributed by atoms with van der Waals surface area (Å²) in [6.45, 7) is 4.74. The monoisotopic (exact) mass is 296 g/mol. The van der Waals surface area contributed by atoms with Gasteiger partial charge >= 0.3 is 0 Å². The van der Waals surface area contributed by atoms with Gasteiger partial charge in [0.25, 0.3) is 0 Å². The molecule has 0 radical (unpaired) electrons. The topological polar surface area (TPSA) is 24.9 Å². The highest BCUT2D eigenvalue weighted by molar-refractivity contribution is 7.09. The molecule has 0 aliphatic carbocycles. The van der Waals surface area contributed by atoms with E-state index < -0.39 is 11.6 Å². The van der Waals surface area contributed by atoms with Gasteiger partial charge < -0.3 is 5.32 Å². The van der Waals surface area contributed by atoms with Gasteiger partial charge in [-0.2, -0.15) is 0 Å². The summed E-state index contributed by atoms with van der Waals surface area (Å²) in [7, 11) is 0. The zero-order chi connectivity index (χ0) is 14.5. The number of hydrogen-bond donors (Lipinski definition) is 1. The van der Waals surface area contributed by atoms with Crippen LogP contribution in [0, 0.1) is 18.6 Å². The summed E-state index contributed by atoms with van der Waals surface area (Å²) in [5, 5.41) is 6.35. The summed E-state index contributed by atoms with van der Waals surface area (Å²) < 4.78 is 27.0. The fourth-order valence-corrected chi connectivity index (χ4v) is 2.86. The first-order valence-corrected chi connectivity index (χ1v) is 7.55. The molecule has 2 rings (SSSR count). The summed E-state index contributed by atoms with van der Waals surface area (Å²) in [6.07, 6.45) is 1.17. The maximum atomic E-state index is 13.7. The molecule has 0 spiro atoms. The summed E-state index contributed by atoms with van der Waals surface area (Å²) in [5.41, 5.74) is 1.40. The van der Waals surface area contributed by atoms with Crippen LogP contribution in [0.4, 0.5) is 8.78 Å². The van der Waals surface area contributed by atoms with Gasteiger partial charge in [0, 0.05) is 17.8 Å². The number of nitrogens with one attached hydrogen (secondary N) is 1. The lowest BCUT2D eigenvalue weighted by Gasteiger charge is -2.17. The molecule has 108 valence electrons. The van der Waals surface area contributed by atoms with E-state index in [1.54, 1.807) is 23.5 Å². The second-order valence-corrected chi connectivity index (χ2v) is 5.80. The maximum absolute atomic E-state index is 13.7. The molecule has 1 heterocycles. The number of benzene rings is 1. The van der Waals surface area contributed by atoms with Crippen LogP contribution in [0.2, 0.25) is 0 Å². The van der Waals surface area contributed by atoms with Gasteiger partial charge in [-0.1, -0.05) is 19.1 Å². The Morgan fingerprint density at radius 3 is 2.75 bits per heavy atom. The molecule has 0 saturated carbocycles. The van der Waals surface area contributed by atoms with Gasteiger partial charge in [0.05, 0.1) is 10.7 Å². The van der Waals surface area contributed by atoms with Crippen LogP contribution in [-0.4, -0.2) is 17.6 Å². The molecule has 0 fully saturated rings. The molecule has 0 saturated heterocycles. The van der Waals surface area contributed by atoms with Crippen LogP contribution in [0.25, 0.3) is 0 Å². The van der Waals surface area contributed by atoms with E-state index in [9.17, 15) is 8.78 Å². The minimum Gasteiger partial charge on any atom is -0.314 e. The maximum Gasteiger partial charge on any atom is 0.162 e. The van der Waals surface area contributed by atoms with Gasteiger partial charge in [-0.25, -0.2) is 13.8 Å². The molecule has 2 aromatic rings. The average molecular weight is 296 g/mol. The van der Waals surface area contributed by atoms with Gasteiger partial charge in [0.15, 0.2) is 11.6 Å². The highest BCUT2D eigenvalue weighted by atomic mass is 32.1. The van der Waals surface area contributed by atoms with Gasteiger partial charge in [-0.05, 0) is 31.5 Å². The van der Waals surface area contributed by atoms with E-state index in [2.05, 4.69) is 10.3 Å². The first-order chi connectivity index (χ1) is 9.60. The van der Waals surface area contributed by atoms with E-state index in [-0.39, 0.29) is 6.04 Å². The third kappa shape index (κ3) is 3.84. The molecule has 1 unspecified atom stereocenters. The molecule has 0 amide bonds. The standard InChI is InChI=1S/C15H18F2N2S/c1-3-18-12(8-13-9-20-10(2)19-13)7-11-5-4-6-14(16)15(11)17/h4-6,9,12,18H,3,7-8H2,1-2H3. The van der Waals surface area contributed by atoms with Crippen LogP contribution in [-0.2, 0) is 12.8 Å². The number of likely N-dealkylation sites (N-methyl/N-ethyl adjacent to an activating group) is 1. The Hall–Kier alpha value is -1.33. The number of halogens is 2. The Labute approximate surface area is 121 Å². The first-order valence-electron chi connectivity index (χ1n) is 6.67. The van der Waals surface area contributed by atoms with Crippen LogP contribution in [0.5, 0.6) is 0 Å². The second-order valence-electron chi connectivity index (χ2n) is 4.73. The number of aryl methyl sites for hydroxylation is 1. The molecule has 0 aliphatic heterocycles. The van der Waals surface area contributed by atoms with E-state index in [4.69, 9.17) is 0 Å². The third-order valence-electron chi connectivity index (χ3n) is 3.11. The lowest BCUT2D eigenvalue weighted by Crippen LogP contribution is -2.33. The third-order valence-corrected chi connectivity index (χ3v) is 3.94. The van der Waals surface area contributed by atoms with Crippen molar-refractivity contribution in [2.75, 3.05) is 6.54 Å². The number of hydrogen-bond acceptors (Lipinski definition) is 3. The molecule has 1 N–H and O–H groups in total. The second kappa shape index (κ2) is 6.90. The molecule has 20 heavy (non-hydrogen) atoms. The van der Waals surface area contributed by atoms with Crippen LogP contribution >= 0.6 is 11.3 Å². The van der Waals surface area contributed by atoms with Crippen molar-refractivity contribution < 1.29 is 8.78 Å². The van der Waals surface area contributed by atoms with Crippen molar-refractivity contribution in [1.29, 1.82) is 0 Å². The molecule has 1 atom stereocenters. The summed E-state index contributed by atoms with van der Waals surface area (Å²) >= 11 is 1.60. The molecular weight excluding hydrogens is 278 g/mol. The van der Waals surface area contributed by atoms with Crippen molar-refractivity contribution in [3.8, 4) is 0 Å². The molecule has 5 heteroatoms. The van der Waals surface area contributed by atoms with Crippen LogP contribution in [0.1, 0.15) is 23.2 Å². The van der Waals surface area contributed by atoms with Crippen molar-refractivity contribution in [2.24, 2.45) is 0 Å². The largest absolute Gasteiger partial charge is 0.314 e. The van der Waals surface area contributed by atoms with Gasteiger partial charge in [0.1, 0.15) is 0 Å². The van der Waals surface area contributed by atoms with Crippen molar-refractivity contribution >= 4 is 11.3 Å². The molecule has 2 nitrogen and oxygen atoms in total. The minimum atomic E-state index is -0.790. The molecule has 1 aromatic heterocycles. The Bertz CT molecular complexity index is 569. The zero-order valence-electron chi connectivity index (χ0n) is 11.6. The number of thiazole rings is 1. The summed E-state index contributed by atoms with van der Waals surface area (Å²) in [6, 6.07) is 4.38. The van der Waals surface area contributed by atoms with E-state index in [0.29, 0.717) is 18.4 Å². The van der Waals surface area contributed by atoms with Crippen LogP contribution in [0.3, 0.4) is 0 Å². The Kier molecular flexibility index (Phi) is 5.20. The molecular formula is C15H18F2N2S. The quantitative estimate of drug-likeness (QED) is 0.882. The van der Waals surface area contributed by atoms with E-state index in [0.717, 1.165) is 23.3 Å². The highest BCUT2D eigenvalue weighted by Crippen LogP contribution is 2.16. The van der Waals surface area contributed by atoms with Gasteiger partial charge in [0.2, 0.25) is 0 Å². The Morgan fingerprint density at radius 2 is 2.10 bits per heavy atom. The lowest BCUT2D eigenvalue weighted by molar-refractivity contribution is 0.472. The molecule has 0 aliphatic rings. The SMILES string of the molecule is CCNC(Cc1csc(C)n1)Cc1cccc(F)c1F. The summed E-state index contributed by atoms with van der Waals surface area (Å²) in [5.74, 6) is -1.54. The van der Waals surface area contributed by atoms with E-state index >= 15 is 0 Å². The Balaban J connectivity index is 2.10. The molecule has 1 aromatic carbocycles.